The number of hydrogen-bond donors (Lipinski definition) is 1. The van der Waals surface area contributed by atoms with Crippen molar-refractivity contribution in [3.8, 4) is 0 Å². The lowest BCUT2D eigenvalue weighted by molar-refractivity contribution is -0.111. The van der Waals surface area contributed by atoms with Crippen molar-refractivity contribution >= 4 is 33.9 Å². The van der Waals surface area contributed by atoms with Gasteiger partial charge in [-0.15, -0.1) is 0 Å². The van der Waals surface area contributed by atoms with Crippen molar-refractivity contribution in [3.63, 3.8) is 0 Å². The smallest absolute Gasteiger partial charge is 0.200 e. The van der Waals surface area contributed by atoms with E-state index < -0.39 is 0 Å². The van der Waals surface area contributed by atoms with Crippen LogP contribution >= 0.6 is 22.6 Å². The number of rotatable bonds is 1. The highest BCUT2D eigenvalue weighted by molar-refractivity contribution is 14.1. The van der Waals surface area contributed by atoms with E-state index in [9.17, 15) is 9.90 Å². The minimum atomic E-state index is -0.161. The number of aliphatic hydroxyl groups excluding tert-OH is 1. The molecule has 1 aliphatic rings. The number of carbonyl (C=O) groups excluding carboxylic acids is 1. The minimum Gasteiger partial charge on any atom is -0.506 e. The van der Waals surface area contributed by atoms with Gasteiger partial charge < -0.3 is 5.11 Å². The van der Waals surface area contributed by atoms with Crippen molar-refractivity contribution in [2.24, 2.45) is 0 Å². The average molecular weight is 298 g/mol. The standard InChI is InChI=1S/C11H7IO2/c1-6-10(13)9(11(6)14)7-4-2-3-5-8(7)12/h2-5,13H,1H2. The summed E-state index contributed by atoms with van der Waals surface area (Å²) in [5.74, 6) is -0.134. The monoisotopic (exact) mass is 298 g/mol. The molecular formula is C11H7IO2. The molecule has 1 aliphatic carbocycles. The molecule has 0 bridgehead atoms. The number of halogens is 1. The van der Waals surface area contributed by atoms with E-state index in [1.54, 1.807) is 0 Å². The Morgan fingerprint density at radius 3 is 2.50 bits per heavy atom. The first-order valence-electron chi connectivity index (χ1n) is 4.05. The molecule has 0 amide bonds. The number of allylic oxidation sites excluding steroid dienone is 2. The van der Waals surface area contributed by atoms with Gasteiger partial charge >= 0.3 is 0 Å². The molecule has 0 heterocycles. The second kappa shape index (κ2) is 3.24. The number of benzene rings is 1. The minimum absolute atomic E-state index is 0.0270. The number of aliphatic hydroxyl groups is 1. The van der Waals surface area contributed by atoms with Gasteiger partial charge in [0.1, 0.15) is 5.76 Å². The van der Waals surface area contributed by atoms with Crippen LogP contribution in [0, 0.1) is 3.57 Å². The van der Waals surface area contributed by atoms with Crippen LogP contribution in [0.2, 0.25) is 0 Å². The fourth-order valence-electron chi connectivity index (χ4n) is 1.37. The Morgan fingerprint density at radius 2 is 1.93 bits per heavy atom. The van der Waals surface area contributed by atoms with Gasteiger partial charge in [0.05, 0.1) is 11.1 Å². The highest BCUT2D eigenvalue weighted by Crippen LogP contribution is 2.36. The predicted molar refractivity (Wildman–Crippen MR) is 62.9 cm³/mol. The highest BCUT2D eigenvalue weighted by atomic mass is 127. The van der Waals surface area contributed by atoms with Crippen LogP contribution in [0.4, 0.5) is 0 Å². The quantitative estimate of drug-likeness (QED) is 0.639. The third kappa shape index (κ3) is 1.19. The zero-order chi connectivity index (χ0) is 10.3. The van der Waals surface area contributed by atoms with Crippen LogP contribution in [0.25, 0.3) is 5.57 Å². The first kappa shape index (κ1) is 9.45. The number of Topliss-reactive ketones (excluding diaryl/α,β-unsaturated/α-hetero) is 1. The molecule has 2 nitrogen and oxygen atoms in total. The summed E-state index contributed by atoms with van der Waals surface area (Å²) in [5.41, 5.74) is 1.38. The van der Waals surface area contributed by atoms with Gasteiger partial charge in [-0.1, -0.05) is 24.8 Å². The van der Waals surface area contributed by atoms with Gasteiger partial charge in [0.2, 0.25) is 5.78 Å². The van der Waals surface area contributed by atoms with Crippen LogP contribution in [0.5, 0.6) is 0 Å². The maximum atomic E-state index is 11.4. The Bertz CT molecular complexity index is 472. The van der Waals surface area contributed by atoms with Crippen molar-refractivity contribution in [2.75, 3.05) is 0 Å². The van der Waals surface area contributed by atoms with Gasteiger partial charge in [0, 0.05) is 9.13 Å². The maximum absolute atomic E-state index is 11.4. The molecule has 0 aromatic heterocycles. The molecule has 1 aromatic rings. The first-order valence-corrected chi connectivity index (χ1v) is 5.13. The summed E-state index contributed by atoms with van der Waals surface area (Å²) in [6.07, 6.45) is 0. The van der Waals surface area contributed by atoms with Gasteiger partial charge in [0.25, 0.3) is 0 Å². The lowest BCUT2D eigenvalue weighted by Crippen LogP contribution is -2.20. The van der Waals surface area contributed by atoms with Crippen molar-refractivity contribution in [2.45, 2.75) is 0 Å². The van der Waals surface area contributed by atoms with Crippen LogP contribution in [0.15, 0.2) is 42.2 Å². The molecule has 2 rings (SSSR count). The fraction of sp³-hybridized carbons (Fsp3) is 0. The summed E-state index contributed by atoms with van der Waals surface area (Å²) in [6.45, 7) is 3.47. The summed E-state index contributed by atoms with van der Waals surface area (Å²) in [4.78, 5) is 11.4. The summed E-state index contributed by atoms with van der Waals surface area (Å²) in [7, 11) is 0. The number of carbonyl (C=O) groups is 1. The zero-order valence-electron chi connectivity index (χ0n) is 7.25. The van der Waals surface area contributed by atoms with Crippen molar-refractivity contribution in [1.29, 1.82) is 0 Å². The van der Waals surface area contributed by atoms with E-state index in [1.165, 1.54) is 0 Å². The van der Waals surface area contributed by atoms with Crippen LogP contribution in [-0.4, -0.2) is 10.9 Å². The predicted octanol–water partition coefficient (Wildman–Crippen LogP) is 2.70. The summed E-state index contributed by atoms with van der Waals surface area (Å²) < 4.78 is 0.951. The van der Waals surface area contributed by atoms with Crippen molar-refractivity contribution in [3.05, 3.63) is 51.3 Å². The van der Waals surface area contributed by atoms with E-state index >= 15 is 0 Å². The van der Waals surface area contributed by atoms with Gasteiger partial charge in [0.15, 0.2) is 0 Å². The summed E-state index contributed by atoms with van der Waals surface area (Å²) in [6, 6.07) is 7.44. The first-order chi connectivity index (χ1) is 6.63. The molecule has 1 N–H and O–H groups in total. The number of hydrogen-bond acceptors (Lipinski definition) is 2. The van der Waals surface area contributed by atoms with E-state index in [2.05, 4.69) is 29.2 Å². The molecule has 0 saturated heterocycles. The molecule has 14 heavy (non-hydrogen) atoms. The molecule has 0 radical (unpaired) electrons. The highest BCUT2D eigenvalue weighted by Gasteiger charge is 2.33. The molecule has 0 spiro atoms. The largest absolute Gasteiger partial charge is 0.506 e. The molecule has 3 heteroatoms. The van der Waals surface area contributed by atoms with Crippen LogP contribution in [0.1, 0.15) is 5.56 Å². The van der Waals surface area contributed by atoms with Gasteiger partial charge in [-0.2, -0.15) is 0 Å². The fourth-order valence-corrected chi connectivity index (χ4v) is 2.03. The third-order valence-electron chi connectivity index (χ3n) is 2.17. The van der Waals surface area contributed by atoms with E-state index in [0.29, 0.717) is 5.57 Å². The molecule has 0 saturated carbocycles. The summed E-state index contributed by atoms with van der Waals surface area (Å²) >= 11 is 2.13. The Morgan fingerprint density at radius 1 is 1.29 bits per heavy atom. The maximum Gasteiger partial charge on any atom is 0.200 e. The molecule has 0 atom stereocenters. The molecular weight excluding hydrogens is 291 g/mol. The molecule has 0 unspecified atom stereocenters. The average Bonchev–Trinajstić information content (AvgIpc) is 2.21. The third-order valence-corrected chi connectivity index (χ3v) is 3.11. The molecule has 0 aliphatic heterocycles. The van der Waals surface area contributed by atoms with Crippen molar-refractivity contribution in [1.82, 2.24) is 0 Å². The second-order valence-corrected chi connectivity index (χ2v) is 4.17. The second-order valence-electron chi connectivity index (χ2n) is 3.01. The zero-order valence-corrected chi connectivity index (χ0v) is 9.41. The molecule has 1 aromatic carbocycles. The van der Waals surface area contributed by atoms with Crippen LogP contribution in [-0.2, 0) is 4.79 Å². The van der Waals surface area contributed by atoms with Gasteiger partial charge in [-0.05, 0) is 28.7 Å². The van der Waals surface area contributed by atoms with E-state index in [4.69, 9.17) is 0 Å². The van der Waals surface area contributed by atoms with Crippen molar-refractivity contribution < 1.29 is 9.90 Å². The Hall–Kier alpha value is -1.10. The normalized spacial score (nSPS) is 15.8. The lowest BCUT2D eigenvalue weighted by atomic mass is 9.85. The number of ketones is 1. The molecule has 70 valence electrons. The SMILES string of the molecule is C=C1C(=O)C(c2ccccc2I)=C1O. The Labute approximate surface area is 95.1 Å². The van der Waals surface area contributed by atoms with E-state index in [0.717, 1.165) is 9.13 Å². The topological polar surface area (TPSA) is 37.3 Å². The Balaban J connectivity index is 2.59. The van der Waals surface area contributed by atoms with E-state index in [1.807, 2.05) is 24.3 Å². The van der Waals surface area contributed by atoms with Gasteiger partial charge in [-0.25, -0.2) is 0 Å². The lowest BCUT2D eigenvalue weighted by Gasteiger charge is -2.20. The molecule has 0 fully saturated rings. The van der Waals surface area contributed by atoms with E-state index in [-0.39, 0.29) is 17.1 Å². The van der Waals surface area contributed by atoms with Gasteiger partial charge in [-0.3, -0.25) is 4.79 Å². The van der Waals surface area contributed by atoms with Crippen LogP contribution in [0.3, 0.4) is 0 Å². The Kier molecular flexibility index (Phi) is 2.19. The van der Waals surface area contributed by atoms with Crippen LogP contribution < -0.4 is 0 Å². The summed E-state index contributed by atoms with van der Waals surface area (Å²) in [5, 5.41) is 9.48.